The van der Waals surface area contributed by atoms with E-state index >= 15 is 0 Å². The maximum Gasteiger partial charge on any atom is 0.225 e. The van der Waals surface area contributed by atoms with E-state index in [0.29, 0.717) is 18.7 Å². The van der Waals surface area contributed by atoms with Gasteiger partial charge in [0.05, 0.1) is 4.47 Å². The van der Waals surface area contributed by atoms with Gasteiger partial charge in [0.1, 0.15) is 5.82 Å². The van der Waals surface area contributed by atoms with Gasteiger partial charge in [-0.15, -0.1) is 0 Å². The zero-order valence-electron chi connectivity index (χ0n) is 11.3. The fourth-order valence-corrected chi connectivity index (χ4v) is 2.61. The third-order valence-electron chi connectivity index (χ3n) is 3.31. The number of nitrogens with zero attached hydrogens (tertiary/aromatic N) is 1. The van der Waals surface area contributed by atoms with E-state index in [0.717, 1.165) is 15.6 Å². The lowest BCUT2D eigenvalue weighted by atomic mass is 10.1. The van der Waals surface area contributed by atoms with Crippen LogP contribution in [0.1, 0.15) is 12.0 Å². The van der Waals surface area contributed by atoms with E-state index in [-0.39, 0.29) is 5.91 Å². The Morgan fingerprint density at radius 1 is 1.24 bits per heavy atom. The van der Waals surface area contributed by atoms with Crippen LogP contribution in [-0.4, -0.2) is 15.9 Å². The second-order valence-corrected chi connectivity index (χ2v) is 5.60. The number of halogens is 1. The first-order chi connectivity index (χ1) is 10.2. The van der Waals surface area contributed by atoms with Gasteiger partial charge in [-0.1, -0.05) is 18.2 Å². The first kappa shape index (κ1) is 13.8. The number of para-hydroxylation sites is 1. The molecule has 0 bridgehead atoms. The van der Waals surface area contributed by atoms with E-state index < -0.39 is 0 Å². The number of rotatable bonds is 4. The molecule has 1 aromatic carbocycles. The number of fused-ring (bicyclic) bond motifs is 1. The van der Waals surface area contributed by atoms with Crippen LogP contribution in [-0.2, 0) is 11.2 Å². The smallest absolute Gasteiger partial charge is 0.225 e. The second kappa shape index (κ2) is 6.10. The van der Waals surface area contributed by atoms with Crippen molar-refractivity contribution < 1.29 is 4.79 Å². The summed E-state index contributed by atoms with van der Waals surface area (Å²) in [6, 6.07) is 11.8. The summed E-state index contributed by atoms with van der Waals surface area (Å²) in [6.07, 6.45) is 4.74. The van der Waals surface area contributed by atoms with Crippen molar-refractivity contribution in [3.8, 4) is 0 Å². The molecule has 0 fully saturated rings. The predicted molar refractivity (Wildman–Crippen MR) is 87.2 cm³/mol. The van der Waals surface area contributed by atoms with Crippen LogP contribution in [0, 0.1) is 0 Å². The third kappa shape index (κ3) is 3.13. The Hall–Kier alpha value is -2.14. The van der Waals surface area contributed by atoms with Gasteiger partial charge in [0, 0.05) is 29.7 Å². The highest BCUT2D eigenvalue weighted by Gasteiger charge is 2.08. The van der Waals surface area contributed by atoms with Crippen molar-refractivity contribution >= 4 is 38.6 Å². The maximum atomic E-state index is 12.0. The molecule has 106 valence electrons. The van der Waals surface area contributed by atoms with E-state index in [1.54, 1.807) is 6.20 Å². The van der Waals surface area contributed by atoms with Crippen LogP contribution in [0.4, 0.5) is 5.82 Å². The Bertz CT molecular complexity index is 782. The van der Waals surface area contributed by atoms with Crippen LogP contribution >= 0.6 is 15.9 Å². The van der Waals surface area contributed by atoms with E-state index in [4.69, 9.17) is 0 Å². The van der Waals surface area contributed by atoms with Crippen molar-refractivity contribution in [1.82, 2.24) is 9.97 Å². The van der Waals surface area contributed by atoms with Crippen molar-refractivity contribution in [2.45, 2.75) is 12.8 Å². The van der Waals surface area contributed by atoms with Crippen molar-refractivity contribution in [1.29, 1.82) is 0 Å². The number of amides is 1. The Morgan fingerprint density at radius 3 is 2.95 bits per heavy atom. The van der Waals surface area contributed by atoms with Gasteiger partial charge in [0.15, 0.2) is 0 Å². The van der Waals surface area contributed by atoms with Gasteiger partial charge in [-0.3, -0.25) is 4.79 Å². The number of nitrogens with one attached hydrogen (secondary N) is 2. The summed E-state index contributed by atoms with van der Waals surface area (Å²) in [4.78, 5) is 19.4. The summed E-state index contributed by atoms with van der Waals surface area (Å²) in [5.41, 5.74) is 2.25. The van der Waals surface area contributed by atoms with Gasteiger partial charge in [0.25, 0.3) is 0 Å². The molecule has 4 nitrogen and oxygen atoms in total. The Balaban J connectivity index is 1.65. The molecule has 0 unspecified atom stereocenters. The molecule has 0 aliphatic rings. The fourth-order valence-electron chi connectivity index (χ4n) is 2.26. The van der Waals surface area contributed by atoms with Crippen molar-refractivity contribution in [2.24, 2.45) is 0 Å². The molecular weight excluding hydrogens is 330 g/mol. The molecular formula is C16H14BrN3O. The average Bonchev–Trinajstić information content (AvgIpc) is 2.91. The van der Waals surface area contributed by atoms with Gasteiger partial charge in [-0.05, 0) is 46.1 Å². The summed E-state index contributed by atoms with van der Waals surface area (Å²) in [7, 11) is 0. The number of aryl methyl sites for hydroxylation is 1. The number of hydrogen-bond acceptors (Lipinski definition) is 2. The van der Waals surface area contributed by atoms with E-state index in [1.165, 1.54) is 5.39 Å². The van der Waals surface area contributed by atoms with Crippen LogP contribution in [0.3, 0.4) is 0 Å². The molecule has 3 rings (SSSR count). The number of pyridine rings is 1. The predicted octanol–water partition coefficient (Wildman–Crippen LogP) is 3.90. The molecule has 3 aromatic rings. The van der Waals surface area contributed by atoms with Crippen LogP contribution in [0.2, 0.25) is 0 Å². The lowest BCUT2D eigenvalue weighted by Gasteiger charge is -2.05. The van der Waals surface area contributed by atoms with Crippen molar-refractivity contribution in [2.75, 3.05) is 5.32 Å². The van der Waals surface area contributed by atoms with Gasteiger partial charge in [-0.25, -0.2) is 4.98 Å². The fraction of sp³-hybridized carbons (Fsp3) is 0.125. The normalized spacial score (nSPS) is 10.7. The third-order valence-corrected chi connectivity index (χ3v) is 3.95. The van der Waals surface area contributed by atoms with Crippen LogP contribution in [0.5, 0.6) is 0 Å². The molecule has 0 spiro atoms. The summed E-state index contributed by atoms with van der Waals surface area (Å²) in [5.74, 6) is 0.515. The number of carbonyl (C=O) groups excluding carboxylic acids is 1. The lowest BCUT2D eigenvalue weighted by Crippen LogP contribution is -2.13. The highest BCUT2D eigenvalue weighted by Crippen LogP contribution is 2.20. The zero-order chi connectivity index (χ0) is 14.7. The maximum absolute atomic E-state index is 12.0. The van der Waals surface area contributed by atoms with Crippen LogP contribution < -0.4 is 5.32 Å². The molecule has 0 saturated carbocycles. The molecule has 0 aliphatic heterocycles. The minimum atomic E-state index is -0.0420. The quantitative estimate of drug-likeness (QED) is 0.754. The highest BCUT2D eigenvalue weighted by molar-refractivity contribution is 9.10. The molecule has 0 saturated heterocycles. The Morgan fingerprint density at radius 2 is 2.10 bits per heavy atom. The van der Waals surface area contributed by atoms with E-state index in [1.807, 2.05) is 36.5 Å². The molecule has 2 heterocycles. The summed E-state index contributed by atoms with van der Waals surface area (Å²) < 4.78 is 0.783. The number of benzene rings is 1. The van der Waals surface area contributed by atoms with Gasteiger partial charge >= 0.3 is 0 Å². The highest BCUT2D eigenvalue weighted by atomic mass is 79.9. The van der Waals surface area contributed by atoms with Gasteiger partial charge in [0.2, 0.25) is 5.91 Å². The Labute approximate surface area is 130 Å². The van der Waals surface area contributed by atoms with Crippen molar-refractivity contribution in [3.63, 3.8) is 0 Å². The van der Waals surface area contributed by atoms with E-state index in [2.05, 4.69) is 37.3 Å². The Kier molecular flexibility index (Phi) is 4.01. The zero-order valence-corrected chi connectivity index (χ0v) is 12.9. The first-order valence-electron chi connectivity index (χ1n) is 6.69. The number of anilines is 1. The number of carbonyl (C=O) groups is 1. The molecule has 5 heteroatoms. The number of aromatic nitrogens is 2. The second-order valence-electron chi connectivity index (χ2n) is 4.74. The minimum absolute atomic E-state index is 0.0420. The molecule has 1 amide bonds. The first-order valence-corrected chi connectivity index (χ1v) is 7.49. The SMILES string of the molecule is O=C(CCc1c[nH]c2ccccc12)Nc1ncccc1Br. The summed E-state index contributed by atoms with van der Waals surface area (Å²) in [6.45, 7) is 0. The minimum Gasteiger partial charge on any atom is -0.361 e. The number of hydrogen-bond donors (Lipinski definition) is 2. The van der Waals surface area contributed by atoms with Gasteiger partial charge < -0.3 is 10.3 Å². The molecule has 0 aliphatic carbocycles. The monoisotopic (exact) mass is 343 g/mol. The van der Waals surface area contributed by atoms with Crippen molar-refractivity contribution in [3.05, 3.63) is 58.8 Å². The summed E-state index contributed by atoms with van der Waals surface area (Å²) in [5, 5.41) is 3.98. The number of H-pyrrole nitrogens is 1. The largest absolute Gasteiger partial charge is 0.361 e. The van der Waals surface area contributed by atoms with E-state index in [9.17, 15) is 4.79 Å². The molecule has 2 aromatic heterocycles. The molecule has 2 N–H and O–H groups in total. The average molecular weight is 344 g/mol. The molecule has 0 atom stereocenters. The van der Waals surface area contributed by atoms with Gasteiger partial charge in [-0.2, -0.15) is 0 Å². The number of aromatic amines is 1. The molecule has 21 heavy (non-hydrogen) atoms. The van der Waals surface area contributed by atoms with Crippen LogP contribution in [0.15, 0.2) is 53.3 Å². The topological polar surface area (TPSA) is 57.8 Å². The lowest BCUT2D eigenvalue weighted by molar-refractivity contribution is -0.116. The standard InChI is InChI=1S/C16H14BrN3O/c17-13-5-3-9-18-16(13)20-15(21)8-7-11-10-19-14-6-2-1-4-12(11)14/h1-6,9-10,19H,7-8H2,(H,18,20,21). The summed E-state index contributed by atoms with van der Waals surface area (Å²) >= 11 is 3.36. The molecule has 0 radical (unpaired) electrons. The van der Waals surface area contributed by atoms with Crippen LogP contribution in [0.25, 0.3) is 10.9 Å².